The summed E-state index contributed by atoms with van der Waals surface area (Å²) in [5, 5.41) is 9.05. The van der Waals surface area contributed by atoms with Crippen molar-refractivity contribution < 1.29 is 5.11 Å². The van der Waals surface area contributed by atoms with Crippen molar-refractivity contribution in [3.8, 4) is 0 Å². The van der Waals surface area contributed by atoms with Gasteiger partial charge in [0.2, 0.25) is 0 Å². The van der Waals surface area contributed by atoms with Gasteiger partial charge >= 0.3 is 0 Å². The molecule has 1 aromatic carbocycles. The molecule has 0 aromatic heterocycles. The Hall–Kier alpha value is -1.22. The molecule has 0 spiro atoms. The molecule has 0 amide bonds. The molecule has 1 aliphatic carbocycles. The van der Waals surface area contributed by atoms with E-state index in [-0.39, 0.29) is 6.61 Å². The summed E-state index contributed by atoms with van der Waals surface area (Å²) in [6.07, 6.45) is 2.43. The average Bonchev–Trinajstić information content (AvgIpc) is 3.02. The lowest BCUT2D eigenvalue weighted by atomic mass is 10.1. The molecule has 3 nitrogen and oxygen atoms in total. The predicted octanol–water partition coefficient (Wildman–Crippen LogP) is 1.54. The van der Waals surface area contributed by atoms with Crippen molar-refractivity contribution in [3.63, 3.8) is 0 Å². The minimum Gasteiger partial charge on any atom is -0.397 e. The molecule has 0 aliphatic heterocycles. The van der Waals surface area contributed by atoms with Crippen molar-refractivity contribution in [1.82, 2.24) is 0 Å². The van der Waals surface area contributed by atoms with E-state index >= 15 is 0 Å². The van der Waals surface area contributed by atoms with Gasteiger partial charge in [-0.3, -0.25) is 0 Å². The van der Waals surface area contributed by atoms with Gasteiger partial charge in [-0.25, -0.2) is 0 Å². The van der Waals surface area contributed by atoms with Crippen LogP contribution >= 0.6 is 0 Å². The van der Waals surface area contributed by atoms with Crippen LogP contribution in [0.5, 0.6) is 0 Å². The smallest absolute Gasteiger partial charge is 0.0606 e. The van der Waals surface area contributed by atoms with E-state index in [1.54, 1.807) is 0 Å². The van der Waals surface area contributed by atoms with Gasteiger partial charge in [0.05, 0.1) is 18.0 Å². The van der Waals surface area contributed by atoms with E-state index in [4.69, 9.17) is 10.8 Å². The standard InChI is InChI=1S/C12H18N2O/c1-9-2-5-11(13)12(8-9)14(6-7-15)10-3-4-10/h2,5,8,10,15H,3-4,6-7,13H2,1H3. The molecule has 1 saturated carbocycles. The van der Waals surface area contributed by atoms with Gasteiger partial charge in [0.15, 0.2) is 0 Å². The van der Waals surface area contributed by atoms with Gasteiger partial charge in [-0.05, 0) is 37.5 Å². The van der Waals surface area contributed by atoms with Crippen molar-refractivity contribution in [1.29, 1.82) is 0 Å². The first-order valence-electron chi connectivity index (χ1n) is 5.46. The summed E-state index contributed by atoms with van der Waals surface area (Å²) in [5.41, 5.74) is 9.06. The van der Waals surface area contributed by atoms with E-state index in [0.29, 0.717) is 12.6 Å². The monoisotopic (exact) mass is 206 g/mol. The molecule has 1 aliphatic rings. The number of rotatable bonds is 4. The van der Waals surface area contributed by atoms with Gasteiger partial charge in [0.1, 0.15) is 0 Å². The molecule has 1 aromatic rings. The highest BCUT2D eigenvalue weighted by Gasteiger charge is 2.29. The third-order valence-corrected chi connectivity index (χ3v) is 2.82. The molecule has 1 fully saturated rings. The van der Waals surface area contributed by atoms with Crippen molar-refractivity contribution >= 4 is 11.4 Å². The van der Waals surface area contributed by atoms with Crippen molar-refractivity contribution in [2.75, 3.05) is 23.8 Å². The zero-order valence-corrected chi connectivity index (χ0v) is 9.11. The highest BCUT2D eigenvalue weighted by atomic mass is 16.3. The molecule has 0 atom stereocenters. The molecule has 0 heterocycles. The van der Waals surface area contributed by atoms with Crippen LogP contribution < -0.4 is 10.6 Å². The second-order valence-corrected chi connectivity index (χ2v) is 4.21. The molecular weight excluding hydrogens is 188 g/mol. The molecule has 3 heteroatoms. The number of aliphatic hydroxyl groups is 1. The van der Waals surface area contributed by atoms with E-state index in [1.807, 2.05) is 12.1 Å². The zero-order valence-electron chi connectivity index (χ0n) is 9.11. The summed E-state index contributed by atoms with van der Waals surface area (Å²) in [6, 6.07) is 6.64. The van der Waals surface area contributed by atoms with Gasteiger partial charge in [0.25, 0.3) is 0 Å². The molecule has 0 bridgehead atoms. The maximum atomic E-state index is 9.05. The second-order valence-electron chi connectivity index (χ2n) is 4.21. The molecule has 0 radical (unpaired) electrons. The van der Waals surface area contributed by atoms with Gasteiger partial charge < -0.3 is 15.7 Å². The van der Waals surface area contributed by atoms with Crippen LogP contribution in [0.25, 0.3) is 0 Å². The molecular formula is C12H18N2O. The topological polar surface area (TPSA) is 49.5 Å². The molecule has 82 valence electrons. The number of hydrogen-bond donors (Lipinski definition) is 2. The summed E-state index contributed by atoms with van der Waals surface area (Å²) in [5.74, 6) is 0. The molecule has 0 saturated heterocycles. The predicted molar refractivity (Wildman–Crippen MR) is 63.0 cm³/mol. The normalized spacial score (nSPS) is 15.3. The van der Waals surface area contributed by atoms with E-state index in [0.717, 1.165) is 11.4 Å². The summed E-state index contributed by atoms with van der Waals surface area (Å²) in [4.78, 5) is 2.22. The van der Waals surface area contributed by atoms with Crippen molar-refractivity contribution in [2.45, 2.75) is 25.8 Å². The number of aliphatic hydroxyl groups excluding tert-OH is 1. The number of nitrogens with two attached hydrogens (primary N) is 1. The third kappa shape index (κ3) is 2.23. The Morgan fingerprint density at radius 2 is 2.20 bits per heavy atom. The minimum absolute atomic E-state index is 0.184. The number of aryl methyl sites for hydroxylation is 1. The number of nitrogens with zero attached hydrogens (tertiary/aromatic N) is 1. The lowest BCUT2D eigenvalue weighted by molar-refractivity contribution is 0.301. The van der Waals surface area contributed by atoms with Crippen LogP contribution in [0.3, 0.4) is 0 Å². The fourth-order valence-electron chi connectivity index (χ4n) is 1.90. The lowest BCUT2D eigenvalue weighted by Gasteiger charge is -2.25. The Morgan fingerprint density at radius 1 is 1.47 bits per heavy atom. The summed E-state index contributed by atoms with van der Waals surface area (Å²) < 4.78 is 0. The Balaban J connectivity index is 2.27. The van der Waals surface area contributed by atoms with Gasteiger partial charge in [-0.15, -0.1) is 0 Å². The highest BCUT2D eigenvalue weighted by molar-refractivity contribution is 5.69. The fourth-order valence-corrected chi connectivity index (χ4v) is 1.90. The summed E-state index contributed by atoms with van der Waals surface area (Å²) >= 11 is 0. The number of hydrogen-bond acceptors (Lipinski definition) is 3. The molecule has 0 unspecified atom stereocenters. The Bertz CT molecular complexity index is 347. The fraction of sp³-hybridized carbons (Fsp3) is 0.500. The second kappa shape index (κ2) is 4.11. The first-order valence-corrected chi connectivity index (χ1v) is 5.46. The van der Waals surface area contributed by atoms with Crippen molar-refractivity contribution in [3.05, 3.63) is 23.8 Å². The first-order chi connectivity index (χ1) is 7.22. The van der Waals surface area contributed by atoms with Gasteiger partial charge in [0, 0.05) is 12.6 Å². The number of nitrogen functional groups attached to an aromatic ring is 1. The maximum Gasteiger partial charge on any atom is 0.0606 e. The average molecular weight is 206 g/mol. The quantitative estimate of drug-likeness (QED) is 0.735. The van der Waals surface area contributed by atoms with Crippen molar-refractivity contribution in [2.24, 2.45) is 0 Å². The van der Waals surface area contributed by atoms with Gasteiger partial charge in [-0.2, -0.15) is 0 Å². The maximum absolute atomic E-state index is 9.05. The van der Waals surface area contributed by atoms with Crippen LogP contribution in [0.1, 0.15) is 18.4 Å². The van der Waals surface area contributed by atoms with E-state index < -0.39 is 0 Å². The highest BCUT2D eigenvalue weighted by Crippen LogP contribution is 2.34. The third-order valence-electron chi connectivity index (χ3n) is 2.82. The van der Waals surface area contributed by atoms with Crippen LogP contribution in [0, 0.1) is 6.92 Å². The SMILES string of the molecule is Cc1ccc(N)c(N(CCO)C2CC2)c1. The Labute approximate surface area is 90.5 Å². The number of anilines is 2. The van der Waals surface area contributed by atoms with Crippen LogP contribution in [-0.4, -0.2) is 24.3 Å². The van der Waals surface area contributed by atoms with Crippen LogP contribution in [0.15, 0.2) is 18.2 Å². The lowest BCUT2D eigenvalue weighted by Crippen LogP contribution is -2.29. The first kappa shape index (κ1) is 10.3. The van der Waals surface area contributed by atoms with Gasteiger partial charge in [-0.1, -0.05) is 6.07 Å². The molecule has 2 rings (SSSR count). The Morgan fingerprint density at radius 3 is 2.80 bits per heavy atom. The number of benzene rings is 1. The summed E-state index contributed by atoms with van der Waals surface area (Å²) in [6.45, 7) is 2.93. The largest absolute Gasteiger partial charge is 0.397 e. The van der Waals surface area contributed by atoms with Crippen LogP contribution in [0.2, 0.25) is 0 Å². The van der Waals surface area contributed by atoms with Crippen LogP contribution in [0.4, 0.5) is 11.4 Å². The van der Waals surface area contributed by atoms with Crippen LogP contribution in [-0.2, 0) is 0 Å². The zero-order chi connectivity index (χ0) is 10.8. The Kier molecular flexibility index (Phi) is 2.82. The summed E-state index contributed by atoms with van der Waals surface area (Å²) in [7, 11) is 0. The molecule has 3 N–H and O–H groups in total. The van der Waals surface area contributed by atoms with E-state index in [2.05, 4.69) is 17.9 Å². The van der Waals surface area contributed by atoms with E-state index in [9.17, 15) is 0 Å². The molecule has 15 heavy (non-hydrogen) atoms. The van der Waals surface area contributed by atoms with E-state index in [1.165, 1.54) is 18.4 Å². The minimum atomic E-state index is 0.184.